The summed E-state index contributed by atoms with van der Waals surface area (Å²) < 4.78 is 15.1. The maximum atomic E-state index is 13.1. The number of benzene rings is 2. The Kier molecular flexibility index (Phi) is 7.84. The first-order chi connectivity index (χ1) is 16.4. The molecule has 0 aliphatic carbocycles. The molecule has 7 nitrogen and oxygen atoms in total. The number of halogens is 1. The highest BCUT2D eigenvalue weighted by molar-refractivity contribution is 7.99. The lowest BCUT2D eigenvalue weighted by atomic mass is 10.1. The van der Waals surface area contributed by atoms with Gasteiger partial charge < -0.3 is 10.2 Å². The maximum absolute atomic E-state index is 13.1. The van der Waals surface area contributed by atoms with Crippen LogP contribution in [0.25, 0.3) is 5.69 Å². The standard InChI is InChI=1S/C25H31FN6OS/c1-18-4-5-19(2)23(16-18)32-20(3)28-29-25(32)34-17-24(33)27-10-11-30-12-14-31(15-13-30)22-8-6-21(26)7-9-22/h4-9,16H,10-15,17H2,1-3H3,(H,27,33). The zero-order valence-corrected chi connectivity index (χ0v) is 20.7. The van der Waals surface area contributed by atoms with Gasteiger partial charge in [-0.05, 0) is 62.2 Å². The molecule has 0 unspecified atom stereocenters. The molecule has 1 aromatic heterocycles. The van der Waals surface area contributed by atoms with Crippen LogP contribution in [0.2, 0.25) is 0 Å². The minimum Gasteiger partial charge on any atom is -0.369 e. The number of nitrogens with zero attached hydrogens (tertiary/aromatic N) is 5. The maximum Gasteiger partial charge on any atom is 0.230 e. The molecular formula is C25H31FN6OS. The Morgan fingerprint density at radius 1 is 1.03 bits per heavy atom. The molecule has 1 N–H and O–H groups in total. The highest BCUT2D eigenvalue weighted by Crippen LogP contribution is 2.24. The van der Waals surface area contributed by atoms with Gasteiger partial charge in [0.05, 0.1) is 11.4 Å². The molecule has 1 amide bonds. The lowest BCUT2D eigenvalue weighted by Crippen LogP contribution is -2.48. The number of thioether (sulfide) groups is 1. The Morgan fingerprint density at radius 3 is 2.50 bits per heavy atom. The van der Waals surface area contributed by atoms with Gasteiger partial charge in [-0.25, -0.2) is 4.39 Å². The van der Waals surface area contributed by atoms with Gasteiger partial charge in [0.15, 0.2) is 5.16 Å². The largest absolute Gasteiger partial charge is 0.369 e. The Morgan fingerprint density at radius 2 is 1.76 bits per heavy atom. The minimum atomic E-state index is -0.211. The average molecular weight is 483 g/mol. The SMILES string of the molecule is Cc1ccc(C)c(-n2c(C)nnc2SCC(=O)NCCN2CCN(c3ccc(F)cc3)CC2)c1. The van der Waals surface area contributed by atoms with Crippen LogP contribution in [-0.4, -0.2) is 70.6 Å². The number of anilines is 1. The zero-order chi connectivity index (χ0) is 24.1. The molecule has 0 bridgehead atoms. The lowest BCUT2D eigenvalue weighted by Gasteiger charge is -2.36. The molecule has 34 heavy (non-hydrogen) atoms. The van der Waals surface area contributed by atoms with Crippen molar-refractivity contribution in [2.75, 3.05) is 49.9 Å². The molecule has 1 fully saturated rings. The summed E-state index contributed by atoms with van der Waals surface area (Å²) >= 11 is 1.40. The van der Waals surface area contributed by atoms with Crippen LogP contribution in [0.3, 0.4) is 0 Å². The lowest BCUT2D eigenvalue weighted by molar-refractivity contribution is -0.118. The molecule has 3 aromatic rings. The van der Waals surface area contributed by atoms with Crippen molar-refractivity contribution in [2.24, 2.45) is 0 Å². The minimum absolute atomic E-state index is 0.0110. The van der Waals surface area contributed by atoms with E-state index in [1.807, 2.05) is 23.6 Å². The Hall–Kier alpha value is -2.91. The van der Waals surface area contributed by atoms with Gasteiger partial charge in [-0.1, -0.05) is 23.9 Å². The molecule has 4 rings (SSSR count). The third kappa shape index (κ3) is 5.95. The number of carbonyl (C=O) groups excluding carboxylic acids is 1. The number of aromatic nitrogens is 3. The van der Waals surface area contributed by atoms with Gasteiger partial charge in [0.25, 0.3) is 0 Å². The second kappa shape index (κ2) is 11.0. The molecule has 0 saturated carbocycles. The number of carbonyl (C=O) groups is 1. The fourth-order valence-corrected chi connectivity index (χ4v) is 4.91. The summed E-state index contributed by atoms with van der Waals surface area (Å²) in [4.78, 5) is 17.1. The predicted molar refractivity (Wildman–Crippen MR) is 134 cm³/mol. The first kappa shape index (κ1) is 24.2. The number of amides is 1. The van der Waals surface area contributed by atoms with Gasteiger partial charge in [0.1, 0.15) is 11.6 Å². The highest BCUT2D eigenvalue weighted by Gasteiger charge is 2.18. The second-order valence-corrected chi connectivity index (χ2v) is 9.54. The molecule has 1 aliphatic heterocycles. The Labute approximate surface area is 204 Å². The van der Waals surface area contributed by atoms with E-state index < -0.39 is 0 Å². The molecule has 0 atom stereocenters. The molecule has 2 aromatic carbocycles. The summed E-state index contributed by atoms with van der Waals surface area (Å²) in [5.74, 6) is 0.873. The summed E-state index contributed by atoms with van der Waals surface area (Å²) in [6.45, 7) is 11.1. The average Bonchev–Trinajstić information content (AvgIpc) is 3.20. The molecule has 0 spiro atoms. The van der Waals surface area contributed by atoms with E-state index in [0.29, 0.717) is 12.3 Å². The fourth-order valence-electron chi connectivity index (χ4n) is 4.09. The van der Waals surface area contributed by atoms with Crippen molar-refractivity contribution in [3.8, 4) is 5.69 Å². The van der Waals surface area contributed by atoms with Crippen LogP contribution in [0.5, 0.6) is 0 Å². The van der Waals surface area contributed by atoms with Crippen molar-refractivity contribution >= 4 is 23.4 Å². The Bertz CT molecular complexity index is 1120. The van der Waals surface area contributed by atoms with Crippen molar-refractivity contribution < 1.29 is 9.18 Å². The topological polar surface area (TPSA) is 66.3 Å². The monoisotopic (exact) mass is 482 g/mol. The number of nitrogens with one attached hydrogen (secondary N) is 1. The first-order valence-corrected chi connectivity index (χ1v) is 12.5. The predicted octanol–water partition coefficient (Wildman–Crippen LogP) is 3.36. The van der Waals surface area contributed by atoms with Crippen molar-refractivity contribution in [2.45, 2.75) is 25.9 Å². The molecule has 180 valence electrons. The highest BCUT2D eigenvalue weighted by atomic mass is 32.2. The Balaban J connectivity index is 1.22. The smallest absolute Gasteiger partial charge is 0.230 e. The van der Waals surface area contributed by atoms with Gasteiger partial charge in [0, 0.05) is 45.0 Å². The van der Waals surface area contributed by atoms with Crippen molar-refractivity contribution in [1.82, 2.24) is 25.0 Å². The van der Waals surface area contributed by atoms with Crippen LogP contribution >= 0.6 is 11.8 Å². The number of piperazine rings is 1. The number of aryl methyl sites for hydroxylation is 3. The normalized spacial score (nSPS) is 14.4. The zero-order valence-electron chi connectivity index (χ0n) is 19.9. The summed E-state index contributed by atoms with van der Waals surface area (Å²) in [6.07, 6.45) is 0. The van der Waals surface area contributed by atoms with Gasteiger partial charge in [0.2, 0.25) is 5.91 Å². The molecule has 0 radical (unpaired) electrons. The van der Waals surface area contributed by atoms with E-state index in [4.69, 9.17) is 0 Å². The van der Waals surface area contributed by atoms with E-state index in [0.717, 1.165) is 60.6 Å². The van der Waals surface area contributed by atoms with E-state index in [1.54, 1.807) is 0 Å². The van der Waals surface area contributed by atoms with Crippen LogP contribution in [0.1, 0.15) is 17.0 Å². The van der Waals surface area contributed by atoms with Gasteiger partial charge >= 0.3 is 0 Å². The first-order valence-electron chi connectivity index (χ1n) is 11.5. The third-order valence-electron chi connectivity index (χ3n) is 6.05. The molecule has 2 heterocycles. The second-order valence-electron chi connectivity index (χ2n) is 8.60. The number of hydrogen-bond donors (Lipinski definition) is 1. The van der Waals surface area contributed by atoms with Crippen molar-refractivity contribution in [3.63, 3.8) is 0 Å². The molecule has 9 heteroatoms. The van der Waals surface area contributed by atoms with Crippen molar-refractivity contribution in [3.05, 3.63) is 65.2 Å². The van der Waals surface area contributed by atoms with Gasteiger partial charge in [-0.15, -0.1) is 10.2 Å². The van der Waals surface area contributed by atoms with E-state index in [-0.39, 0.29) is 11.7 Å². The van der Waals surface area contributed by atoms with Crippen molar-refractivity contribution in [1.29, 1.82) is 0 Å². The summed E-state index contributed by atoms with van der Waals surface area (Å²) in [7, 11) is 0. The van der Waals surface area contributed by atoms with Crippen LogP contribution in [0, 0.1) is 26.6 Å². The third-order valence-corrected chi connectivity index (χ3v) is 6.98. The number of hydrogen-bond acceptors (Lipinski definition) is 6. The van der Waals surface area contributed by atoms with Crippen LogP contribution in [0.4, 0.5) is 10.1 Å². The van der Waals surface area contributed by atoms with E-state index >= 15 is 0 Å². The van der Waals surface area contributed by atoms with E-state index in [2.05, 4.69) is 57.4 Å². The van der Waals surface area contributed by atoms with Crippen LogP contribution < -0.4 is 10.2 Å². The number of rotatable bonds is 8. The van der Waals surface area contributed by atoms with Gasteiger partial charge in [-0.3, -0.25) is 14.3 Å². The molecule has 1 saturated heterocycles. The summed E-state index contributed by atoms with van der Waals surface area (Å²) in [5, 5.41) is 12.3. The van der Waals surface area contributed by atoms with Crippen LogP contribution in [0.15, 0.2) is 47.6 Å². The summed E-state index contributed by atoms with van der Waals surface area (Å²) in [6, 6.07) is 12.9. The summed E-state index contributed by atoms with van der Waals surface area (Å²) in [5.41, 5.74) is 4.40. The fraction of sp³-hybridized carbons (Fsp3) is 0.400. The van der Waals surface area contributed by atoms with E-state index in [9.17, 15) is 9.18 Å². The van der Waals surface area contributed by atoms with Gasteiger partial charge in [-0.2, -0.15) is 0 Å². The molecular weight excluding hydrogens is 451 g/mol. The van der Waals surface area contributed by atoms with Crippen LogP contribution in [-0.2, 0) is 4.79 Å². The molecule has 1 aliphatic rings. The quantitative estimate of drug-likeness (QED) is 0.497. The van der Waals surface area contributed by atoms with E-state index in [1.165, 1.54) is 29.5 Å².